The van der Waals surface area contributed by atoms with Crippen LogP contribution in [0.4, 0.5) is 9.80 Å². The van der Waals surface area contributed by atoms with Crippen LogP contribution in [0, 0.1) is 18.3 Å². The molecule has 5 nitrogen and oxygen atoms in total. The molecule has 1 aromatic rings. The number of anilines is 1. The minimum Gasteiger partial charge on any atom is -0.449 e. The Morgan fingerprint density at radius 3 is 2.77 bits per heavy atom. The zero-order valence-corrected chi connectivity index (χ0v) is 7.51. The first-order chi connectivity index (χ1) is 6.06. The number of nitrogen functional groups attached to an aromatic ring is 1. The molecule has 3 N–H and O–H groups in total. The van der Waals surface area contributed by atoms with Crippen molar-refractivity contribution in [2.75, 3.05) is 5.73 Å². The van der Waals surface area contributed by atoms with Gasteiger partial charge < -0.3 is 15.6 Å². The molecule has 0 saturated carbocycles. The fourth-order valence-corrected chi connectivity index (χ4v) is 1.70. The van der Waals surface area contributed by atoms with Gasteiger partial charge in [-0.25, -0.2) is 4.79 Å². The van der Waals surface area contributed by atoms with Crippen molar-refractivity contribution in [1.82, 2.24) is 0 Å². The highest BCUT2D eigenvalue weighted by Crippen LogP contribution is 2.36. The molecule has 0 aromatic carbocycles. The van der Waals surface area contributed by atoms with E-state index < -0.39 is 6.16 Å². The summed E-state index contributed by atoms with van der Waals surface area (Å²) in [4.78, 5) is 10.2. The molecule has 1 heterocycles. The smallest absolute Gasteiger partial charge is 0.449 e. The SMILES string of the molecule is Cc1c(OC(=O)O)sc(N)c1C#N. The first kappa shape index (κ1) is 9.35. The second-order valence-corrected chi connectivity index (χ2v) is 3.25. The van der Waals surface area contributed by atoms with Gasteiger partial charge in [0.15, 0.2) is 5.06 Å². The fraction of sp³-hybridized carbons (Fsp3) is 0.143. The molecule has 68 valence electrons. The molecule has 0 unspecified atom stereocenters. The first-order valence-corrected chi connectivity index (χ1v) is 4.07. The van der Waals surface area contributed by atoms with E-state index in [9.17, 15) is 4.79 Å². The number of hydrogen-bond donors (Lipinski definition) is 2. The number of ether oxygens (including phenoxy) is 1. The molecule has 0 aliphatic rings. The van der Waals surface area contributed by atoms with Gasteiger partial charge in [0.1, 0.15) is 11.1 Å². The van der Waals surface area contributed by atoms with Gasteiger partial charge in [-0.05, 0) is 6.92 Å². The van der Waals surface area contributed by atoms with Crippen LogP contribution in [-0.4, -0.2) is 11.3 Å². The summed E-state index contributed by atoms with van der Waals surface area (Å²) in [5, 5.41) is 17.4. The molecule has 0 fully saturated rings. The van der Waals surface area contributed by atoms with Crippen LogP contribution in [0.3, 0.4) is 0 Å². The third-order valence-corrected chi connectivity index (χ3v) is 2.42. The van der Waals surface area contributed by atoms with Crippen LogP contribution >= 0.6 is 11.3 Å². The standard InChI is InChI=1S/C7H6N2O3S/c1-3-4(2-8)5(9)13-6(3)12-7(10)11/h9H2,1H3,(H,10,11). The second kappa shape index (κ2) is 3.33. The third-order valence-electron chi connectivity index (χ3n) is 1.42. The van der Waals surface area contributed by atoms with E-state index in [1.165, 1.54) is 0 Å². The summed E-state index contributed by atoms with van der Waals surface area (Å²) in [6.45, 7) is 1.59. The molecule has 1 rings (SSSR count). The Bertz CT molecular complexity index is 391. The highest BCUT2D eigenvalue weighted by atomic mass is 32.1. The maximum Gasteiger partial charge on any atom is 0.512 e. The number of carbonyl (C=O) groups is 1. The monoisotopic (exact) mass is 198 g/mol. The van der Waals surface area contributed by atoms with Crippen molar-refractivity contribution in [2.24, 2.45) is 0 Å². The molecular formula is C7H6N2O3S. The lowest BCUT2D eigenvalue weighted by Gasteiger charge is -1.94. The number of thiophene rings is 1. The van der Waals surface area contributed by atoms with E-state index in [0.29, 0.717) is 5.56 Å². The molecule has 0 atom stereocenters. The summed E-state index contributed by atoms with van der Waals surface area (Å²) in [5.74, 6) is 0. The summed E-state index contributed by atoms with van der Waals surface area (Å²) in [6.07, 6.45) is -1.41. The lowest BCUT2D eigenvalue weighted by Crippen LogP contribution is -2.02. The van der Waals surface area contributed by atoms with Gasteiger partial charge in [0.2, 0.25) is 0 Å². The van der Waals surface area contributed by atoms with Crippen LogP contribution in [0.2, 0.25) is 0 Å². The van der Waals surface area contributed by atoms with Crippen molar-refractivity contribution in [3.8, 4) is 11.1 Å². The normalized spacial score (nSPS) is 9.23. The quantitative estimate of drug-likeness (QED) is 0.667. The first-order valence-electron chi connectivity index (χ1n) is 3.26. The van der Waals surface area contributed by atoms with Gasteiger partial charge >= 0.3 is 6.16 Å². The van der Waals surface area contributed by atoms with Crippen LogP contribution in [0.25, 0.3) is 0 Å². The fourth-order valence-electron chi connectivity index (χ4n) is 0.830. The number of hydrogen-bond acceptors (Lipinski definition) is 5. The van der Waals surface area contributed by atoms with Crippen LogP contribution in [-0.2, 0) is 0 Å². The molecule has 13 heavy (non-hydrogen) atoms. The minimum atomic E-state index is -1.41. The van der Waals surface area contributed by atoms with E-state index in [1.54, 1.807) is 6.92 Å². The Labute approximate surface area is 78.0 Å². The van der Waals surface area contributed by atoms with Crippen LogP contribution in [0.15, 0.2) is 0 Å². The van der Waals surface area contributed by atoms with Gasteiger partial charge in [-0.3, -0.25) is 0 Å². The topological polar surface area (TPSA) is 96.3 Å². The van der Waals surface area contributed by atoms with Crippen LogP contribution in [0.5, 0.6) is 5.06 Å². The maximum absolute atomic E-state index is 10.2. The molecule has 0 bridgehead atoms. The molecule has 0 amide bonds. The minimum absolute atomic E-state index is 0.154. The molecule has 0 saturated heterocycles. The summed E-state index contributed by atoms with van der Waals surface area (Å²) in [5.41, 5.74) is 6.20. The lowest BCUT2D eigenvalue weighted by atomic mass is 10.2. The van der Waals surface area contributed by atoms with Crippen molar-refractivity contribution < 1.29 is 14.6 Å². The van der Waals surface area contributed by atoms with E-state index in [2.05, 4.69) is 4.74 Å². The van der Waals surface area contributed by atoms with E-state index in [4.69, 9.17) is 16.1 Å². The number of nitrogens with zero attached hydrogens (tertiary/aromatic N) is 1. The Morgan fingerprint density at radius 2 is 2.38 bits per heavy atom. The maximum atomic E-state index is 10.2. The largest absolute Gasteiger partial charge is 0.512 e. The third kappa shape index (κ3) is 1.71. The Kier molecular flexibility index (Phi) is 2.39. The van der Waals surface area contributed by atoms with Gasteiger partial charge in [-0.1, -0.05) is 11.3 Å². The summed E-state index contributed by atoms with van der Waals surface area (Å²) in [7, 11) is 0. The van der Waals surface area contributed by atoms with Gasteiger partial charge in [0.25, 0.3) is 0 Å². The summed E-state index contributed by atoms with van der Waals surface area (Å²) in [6, 6.07) is 1.87. The molecule has 0 aliphatic heterocycles. The van der Waals surface area contributed by atoms with Crippen LogP contribution in [0.1, 0.15) is 11.1 Å². The molecular weight excluding hydrogens is 192 g/mol. The van der Waals surface area contributed by atoms with Gasteiger partial charge in [-0.15, -0.1) is 0 Å². The molecule has 0 spiro atoms. The zero-order valence-electron chi connectivity index (χ0n) is 6.70. The van der Waals surface area contributed by atoms with Crippen LogP contribution < -0.4 is 10.5 Å². The van der Waals surface area contributed by atoms with Crippen molar-refractivity contribution in [3.05, 3.63) is 11.1 Å². The van der Waals surface area contributed by atoms with Crippen molar-refractivity contribution in [1.29, 1.82) is 5.26 Å². The van der Waals surface area contributed by atoms with E-state index in [0.717, 1.165) is 11.3 Å². The van der Waals surface area contributed by atoms with Gasteiger partial charge in [0, 0.05) is 5.56 Å². The average Bonchev–Trinajstić information content (AvgIpc) is 2.26. The predicted octanol–water partition coefficient (Wildman–Crippen LogP) is 1.57. The zero-order chi connectivity index (χ0) is 10.0. The molecule has 6 heteroatoms. The highest BCUT2D eigenvalue weighted by Gasteiger charge is 2.15. The lowest BCUT2D eigenvalue weighted by molar-refractivity contribution is 0.145. The summed E-state index contributed by atoms with van der Waals surface area (Å²) < 4.78 is 4.41. The highest BCUT2D eigenvalue weighted by molar-refractivity contribution is 7.18. The summed E-state index contributed by atoms with van der Waals surface area (Å²) >= 11 is 0.946. The molecule has 0 aliphatic carbocycles. The van der Waals surface area contributed by atoms with Gasteiger partial charge in [0.05, 0.1) is 5.56 Å². The Hall–Kier alpha value is -1.74. The number of nitriles is 1. The number of rotatable bonds is 1. The Balaban J connectivity index is 3.12. The number of carboxylic acid groups (broad SMARTS) is 1. The molecule has 0 radical (unpaired) electrons. The second-order valence-electron chi connectivity index (χ2n) is 2.23. The van der Waals surface area contributed by atoms with Crippen molar-refractivity contribution in [3.63, 3.8) is 0 Å². The Morgan fingerprint density at radius 1 is 1.77 bits per heavy atom. The number of nitrogens with two attached hydrogens (primary N) is 1. The molecule has 1 aromatic heterocycles. The predicted molar refractivity (Wildman–Crippen MR) is 46.8 cm³/mol. The van der Waals surface area contributed by atoms with E-state index in [-0.39, 0.29) is 15.6 Å². The average molecular weight is 198 g/mol. The van der Waals surface area contributed by atoms with Crippen molar-refractivity contribution in [2.45, 2.75) is 6.92 Å². The van der Waals surface area contributed by atoms with Gasteiger partial charge in [-0.2, -0.15) is 5.26 Å². The van der Waals surface area contributed by atoms with Crippen molar-refractivity contribution >= 4 is 22.5 Å². The van der Waals surface area contributed by atoms with E-state index >= 15 is 0 Å². The van der Waals surface area contributed by atoms with E-state index in [1.807, 2.05) is 6.07 Å².